The van der Waals surface area contributed by atoms with Crippen LogP contribution in [-0.4, -0.2) is 73.4 Å². The monoisotopic (exact) mass is 516 g/mol. The predicted octanol–water partition coefficient (Wildman–Crippen LogP) is 2.68. The van der Waals surface area contributed by atoms with Gasteiger partial charge in [0.15, 0.2) is 0 Å². The third kappa shape index (κ3) is 5.40. The Bertz CT molecular complexity index is 1260. The van der Waals surface area contributed by atoms with E-state index in [9.17, 15) is 19.2 Å². The van der Waals surface area contributed by atoms with Crippen LogP contribution in [0.4, 0.5) is 14.9 Å². The summed E-state index contributed by atoms with van der Waals surface area (Å²) in [5.74, 6) is -1.93. The van der Waals surface area contributed by atoms with Crippen LogP contribution >= 0.6 is 0 Å². The van der Waals surface area contributed by atoms with Gasteiger partial charge in [-0.3, -0.25) is 4.79 Å². The highest BCUT2D eigenvalue weighted by Crippen LogP contribution is 2.38. The number of hydrogen-bond acceptors (Lipinski definition) is 7. The van der Waals surface area contributed by atoms with Crippen molar-refractivity contribution >= 4 is 34.6 Å². The smallest absolute Gasteiger partial charge is 0.343 e. The van der Waals surface area contributed by atoms with E-state index in [1.54, 1.807) is 17.9 Å². The first-order valence-corrected chi connectivity index (χ1v) is 12.6. The van der Waals surface area contributed by atoms with E-state index in [0.29, 0.717) is 37.4 Å². The van der Waals surface area contributed by atoms with Crippen molar-refractivity contribution in [1.82, 2.24) is 14.8 Å². The highest BCUT2D eigenvalue weighted by Gasteiger charge is 2.31. The van der Waals surface area contributed by atoms with E-state index < -0.39 is 29.2 Å². The summed E-state index contributed by atoms with van der Waals surface area (Å²) >= 11 is 0. The van der Waals surface area contributed by atoms with Gasteiger partial charge in [0.2, 0.25) is 5.43 Å². The van der Waals surface area contributed by atoms with E-state index in [1.807, 2.05) is 23.3 Å². The number of nitrogens with one attached hydrogen (secondary N) is 1. The predicted molar refractivity (Wildman–Crippen MR) is 135 cm³/mol. The molecule has 1 saturated carbocycles. The van der Waals surface area contributed by atoms with Crippen LogP contribution in [0.5, 0.6) is 0 Å². The first-order chi connectivity index (χ1) is 17.7. The molecule has 1 aromatic heterocycles. The van der Waals surface area contributed by atoms with Crippen LogP contribution in [0.2, 0.25) is 0 Å². The molecular formula is C26H33FN4O6. The molecule has 11 heteroatoms. The van der Waals surface area contributed by atoms with Crippen molar-refractivity contribution in [3.63, 3.8) is 0 Å². The van der Waals surface area contributed by atoms with Crippen molar-refractivity contribution in [2.75, 3.05) is 44.8 Å². The molecule has 1 aliphatic heterocycles. The zero-order valence-electron chi connectivity index (χ0n) is 21.6. The molecule has 4 rings (SSSR count). The standard InChI is InChI=1S/C26H33FN4O6/c1-5-37-24(33)18-14-31(16-6-7-16)20-13-21(19(27)12-17(20)23(18)32)29-8-10-30(11-9-29)26(35)28-22(15(2)3)25(34)36-4/h12-16,22H,5-11H2,1-4H3,(H,28,35)/t22-/m1/s1. The van der Waals surface area contributed by atoms with Crippen LogP contribution < -0.4 is 15.6 Å². The lowest BCUT2D eigenvalue weighted by molar-refractivity contribution is -0.144. The maximum atomic E-state index is 15.3. The minimum atomic E-state index is -0.757. The fraction of sp³-hybridized carbons (Fsp3) is 0.538. The zero-order valence-corrected chi connectivity index (χ0v) is 21.6. The number of piperazine rings is 1. The fourth-order valence-electron chi connectivity index (χ4n) is 4.61. The van der Waals surface area contributed by atoms with Crippen LogP contribution in [0.25, 0.3) is 10.9 Å². The molecule has 1 atom stereocenters. The SMILES string of the molecule is CCOC(=O)c1cn(C2CC2)c2cc(N3CCN(C(=O)N[C@@H](C(=O)OC)C(C)C)CC3)c(F)cc2c1=O. The molecule has 2 amide bonds. The Hall–Kier alpha value is -3.63. The maximum absolute atomic E-state index is 15.3. The van der Waals surface area contributed by atoms with Gasteiger partial charge in [0.1, 0.15) is 17.4 Å². The number of carbonyl (C=O) groups excluding carboxylic acids is 3. The number of pyridine rings is 1. The van der Waals surface area contributed by atoms with Crippen molar-refractivity contribution in [2.45, 2.75) is 45.7 Å². The summed E-state index contributed by atoms with van der Waals surface area (Å²) in [5.41, 5.74) is 0.247. The molecule has 1 aromatic carbocycles. The van der Waals surface area contributed by atoms with Crippen molar-refractivity contribution in [1.29, 1.82) is 0 Å². The summed E-state index contributed by atoms with van der Waals surface area (Å²) < 4.78 is 27.0. The molecule has 2 aliphatic rings. The molecule has 0 bridgehead atoms. The molecule has 2 aromatic rings. The minimum Gasteiger partial charge on any atom is -0.467 e. The highest BCUT2D eigenvalue weighted by molar-refractivity contribution is 5.94. The van der Waals surface area contributed by atoms with Gasteiger partial charge in [-0.2, -0.15) is 0 Å². The minimum absolute atomic E-state index is 0.0975. The molecule has 10 nitrogen and oxygen atoms in total. The van der Waals surface area contributed by atoms with Crippen LogP contribution in [-0.2, 0) is 14.3 Å². The summed E-state index contributed by atoms with van der Waals surface area (Å²) in [6, 6.07) is 1.85. The third-order valence-corrected chi connectivity index (χ3v) is 6.84. The average Bonchev–Trinajstić information content (AvgIpc) is 3.72. The lowest BCUT2D eigenvalue weighted by Gasteiger charge is -2.37. The number of amides is 2. The van der Waals surface area contributed by atoms with Gasteiger partial charge in [-0.05, 0) is 37.8 Å². The number of fused-ring (bicyclic) bond motifs is 1. The number of urea groups is 1. The van der Waals surface area contributed by atoms with Crippen molar-refractivity contribution in [3.05, 3.63) is 39.9 Å². The number of halogens is 1. The Balaban J connectivity index is 1.56. The average molecular weight is 517 g/mol. The molecule has 1 saturated heterocycles. The van der Waals surface area contributed by atoms with Crippen molar-refractivity contribution in [2.24, 2.45) is 5.92 Å². The van der Waals surface area contributed by atoms with Crippen molar-refractivity contribution in [3.8, 4) is 0 Å². The van der Waals surface area contributed by atoms with Crippen LogP contribution in [0, 0.1) is 11.7 Å². The molecule has 2 heterocycles. The van der Waals surface area contributed by atoms with E-state index in [1.165, 1.54) is 19.4 Å². The Morgan fingerprint density at radius 1 is 1.14 bits per heavy atom. The van der Waals surface area contributed by atoms with Gasteiger partial charge in [0.25, 0.3) is 0 Å². The molecule has 0 unspecified atom stereocenters. The van der Waals surface area contributed by atoms with Gasteiger partial charge in [0, 0.05) is 43.8 Å². The molecule has 200 valence electrons. The normalized spacial score (nSPS) is 16.6. The Morgan fingerprint density at radius 2 is 1.81 bits per heavy atom. The van der Waals surface area contributed by atoms with Crippen molar-refractivity contribution < 1.29 is 28.2 Å². The van der Waals surface area contributed by atoms with Crippen LogP contribution in [0.15, 0.2) is 23.1 Å². The first kappa shape index (κ1) is 26.4. The lowest BCUT2D eigenvalue weighted by Crippen LogP contribution is -2.56. The first-order valence-electron chi connectivity index (χ1n) is 12.6. The Labute approximate surface area is 214 Å². The second kappa shape index (κ2) is 10.8. The van der Waals surface area contributed by atoms with E-state index in [2.05, 4.69) is 5.32 Å². The number of anilines is 1. The van der Waals surface area contributed by atoms with Crippen LogP contribution in [0.3, 0.4) is 0 Å². The Morgan fingerprint density at radius 3 is 2.38 bits per heavy atom. The highest BCUT2D eigenvalue weighted by atomic mass is 19.1. The molecule has 2 fully saturated rings. The van der Waals surface area contributed by atoms with E-state index in [-0.39, 0.29) is 35.5 Å². The number of rotatable bonds is 7. The summed E-state index contributed by atoms with van der Waals surface area (Å²) in [7, 11) is 1.28. The number of benzene rings is 1. The molecule has 1 aliphatic carbocycles. The van der Waals surface area contributed by atoms with Gasteiger partial charge in [-0.15, -0.1) is 0 Å². The molecule has 0 spiro atoms. The number of carbonyl (C=O) groups is 3. The Kier molecular flexibility index (Phi) is 7.70. The van der Waals surface area contributed by atoms with Crippen LogP contribution in [0.1, 0.15) is 50.0 Å². The van der Waals surface area contributed by atoms with Gasteiger partial charge in [0.05, 0.1) is 24.9 Å². The molecular weight excluding hydrogens is 483 g/mol. The second-order valence-corrected chi connectivity index (χ2v) is 9.72. The quantitative estimate of drug-likeness (QED) is 0.564. The molecule has 37 heavy (non-hydrogen) atoms. The summed E-state index contributed by atoms with van der Waals surface area (Å²) in [5, 5.41) is 2.87. The second-order valence-electron chi connectivity index (χ2n) is 9.72. The summed E-state index contributed by atoms with van der Waals surface area (Å²) in [4.78, 5) is 53.5. The number of esters is 2. The van der Waals surface area contributed by atoms with E-state index in [0.717, 1.165) is 12.8 Å². The largest absolute Gasteiger partial charge is 0.467 e. The number of aromatic nitrogens is 1. The number of hydrogen-bond donors (Lipinski definition) is 1. The maximum Gasteiger partial charge on any atom is 0.343 e. The third-order valence-electron chi connectivity index (χ3n) is 6.84. The summed E-state index contributed by atoms with van der Waals surface area (Å²) in [6.45, 7) is 6.83. The molecule has 1 N–H and O–H groups in total. The fourth-order valence-corrected chi connectivity index (χ4v) is 4.61. The number of ether oxygens (including phenoxy) is 2. The number of methoxy groups -OCH3 is 1. The zero-order chi connectivity index (χ0) is 26.9. The van der Waals surface area contributed by atoms with Gasteiger partial charge < -0.3 is 29.2 Å². The van der Waals surface area contributed by atoms with Gasteiger partial charge in [-0.1, -0.05) is 13.8 Å². The number of nitrogens with zero attached hydrogens (tertiary/aromatic N) is 3. The van der Waals surface area contributed by atoms with E-state index >= 15 is 4.39 Å². The lowest BCUT2D eigenvalue weighted by atomic mass is 10.1. The molecule has 0 radical (unpaired) electrons. The topological polar surface area (TPSA) is 110 Å². The van der Waals surface area contributed by atoms with E-state index in [4.69, 9.17) is 9.47 Å². The summed E-state index contributed by atoms with van der Waals surface area (Å²) in [6.07, 6.45) is 3.34. The van der Waals surface area contributed by atoms with Gasteiger partial charge >= 0.3 is 18.0 Å². The van der Waals surface area contributed by atoms with Gasteiger partial charge in [-0.25, -0.2) is 18.8 Å².